The molecule has 1 N–H and O–H groups in total. The molecule has 102 valence electrons. The summed E-state index contributed by atoms with van der Waals surface area (Å²) in [6.07, 6.45) is 0. The molecule has 0 aliphatic carbocycles. The third-order valence-corrected chi connectivity index (χ3v) is 3.44. The van der Waals surface area contributed by atoms with Crippen LogP contribution in [0.3, 0.4) is 0 Å². The van der Waals surface area contributed by atoms with E-state index < -0.39 is 0 Å². The van der Waals surface area contributed by atoms with Crippen molar-refractivity contribution in [1.82, 2.24) is 0 Å². The fraction of sp³-hybridized carbons (Fsp3) is 0.133. The predicted octanol–water partition coefficient (Wildman–Crippen LogP) is 4.49. The van der Waals surface area contributed by atoms with Crippen molar-refractivity contribution >= 4 is 28.9 Å². The third-order valence-electron chi connectivity index (χ3n) is 2.85. The van der Waals surface area contributed by atoms with Crippen LogP contribution in [0.4, 0.5) is 5.69 Å². The van der Waals surface area contributed by atoms with E-state index in [0.717, 1.165) is 5.56 Å². The van der Waals surface area contributed by atoms with Crippen molar-refractivity contribution in [2.75, 3.05) is 12.4 Å². The molecule has 0 atom stereocenters. The van der Waals surface area contributed by atoms with Gasteiger partial charge < -0.3 is 10.1 Å². The van der Waals surface area contributed by atoms with Gasteiger partial charge in [-0.2, -0.15) is 5.26 Å². The fourth-order valence-electron chi connectivity index (χ4n) is 1.85. The largest absolute Gasteiger partial charge is 0.496 e. The van der Waals surface area contributed by atoms with Crippen LogP contribution in [0.25, 0.3) is 0 Å². The molecule has 0 heterocycles. The lowest BCUT2D eigenvalue weighted by molar-refractivity contribution is 0.410. The summed E-state index contributed by atoms with van der Waals surface area (Å²) in [7, 11) is 1.60. The van der Waals surface area contributed by atoms with E-state index in [1.807, 2.05) is 12.1 Å². The molecule has 0 saturated carbocycles. The first-order valence-corrected chi connectivity index (χ1v) is 6.66. The SMILES string of the molecule is COc1cccc(Cl)c1CNc1ccc(Cl)cc1C#N. The summed E-state index contributed by atoms with van der Waals surface area (Å²) in [4.78, 5) is 0. The molecule has 0 fully saturated rings. The number of nitrogens with one attached hydrogen (secondary N) is 1. The van der Waals surface area contributed by atoms with E-state index in [4.69, 9.17) is 33.2 Å². The Balaban J connectivity index is 2.24. The van der Waals surface area contributed by atoms with Gasteiger partial charge >= 0.3 is 0 Å². The van der Waals surface area contributed by atoms with Crippen LogP contribution in [0.15, 0.2) is 36.4 Å². The monoisotopic (exact) mass is 306 g/mol. The van der Waals surface area contributed by atoms with Gasteiger partial charge in [0.1, 0.15) is 11.8 Å². The summed E-state index contributed by atoms with van der Waals surface area (Å²) in [6, 6.07) is 12.7. The van der Waals surface area contributed by atoms with E-state index in [0.29, 0.717) is 33.6 Å². The average Bonchev–Trinajstić information content (AvgIpc) is 2.46. The molecular weight excluding hydrogens is 295 g/mol. The Hall–Kier alpha value is -1.89. The first-order chi connectivity index (χ1) is 9.65. The first kappa shape index (κ1) is 14.5. The van der Waals surface area contributed by atoms with E-state index >= 15 is 0 Å². The lowest BCUT2D eigenvalue weighted by Gasteiger charge is -2.13. The van der Waals surface area contributed by atoms with Gasteiger partial charge in [0.25, 0.3) is 0 Å². The van der Waals surface area contributed by atoms with Crippen LogP contribution in [0, 0.1) is 11.3 Å². The highest BCUT2D eigenvalue weighted by molar-refractivity contribution is 6.31. The Kier molecular flexibility index (Phi) is 4.73. The normalized spacial score (nSPS) is 9.90. The summed E-state index contributed by atoms with van der Waals surface area (Å²) < 4.78 is 5.28. The molecule has 2 aromatic rings. The maximum absolute atomic E-state index is 9.10. The number of ether oxygens (including phenoxy) is 1. The standard InChI is InChI=1S/C15H12Cl2N2O/c1-20-15-4-2-3-13(17)12(15)9-19-14-6-5-11(16)7-10(14)8-18/h2-7,19H,9H2,1H3. The highest BCUT2D eigenvalue weighted by atomic mass is 35.5. The summed E-state index contributed by atoms with van der Waals surface area (Å²) in [6.45, 7) is 0.457. The molecule has 2 rings (SSSR count). The predicted molar refractivity (Wildman–Crippen MR) is 81.5 cm³/mol. The molecule has 0 spiro atoms. The third kappa shape index (κ3) is 3.16. The highest BCUT2D eigenvalue weighted by Crippen LogP contribution is 2.28. The number of nitriles is 1. The number of halogens is 2. The highest BCUT2D eigenvalue weighted by Gasteiger charge is 2.09. The molecule has 2 aromatic carbocycles. The van der Waals surface area contributed by atoms with Crippen molar-refractivity contribution in [3.05, 3.63) is 57.6 Å². The van der Waals surface area contributed by atoms with Gasteiger partial charge in [-0.1, -0.05) is 29.3 Å². The van der Waals surface area contributed by atoms with Crippen LogP contribution in [0.1, 0.15) is 11.1 Å². The molecule has 0 aromatic heterocycles. The van der Waals surface area contributed by atoms with E-state index in [9.17, 15) is 0 Å². The van der Waals surface area contributed by atoms with E-state index in [1.54, 1.807) is 31.4 Å². The zero-order valence-electron chi connectivity index (χ0n) is 10.8. The Morgan fingerprint density at radius 3 is 2.75 bits per heavy atom. The van der Waals surface area contributed by atoms with Gasteiger partial charge in [-0.25, -0.2) is 0 Å². The van der Waals surface area contributed by atoms with E-state index in [-0.39, 0.29) is 0 Å². The lowest BCUT2D eigenvalue weighted by atomic mass is 10.1. The smallest absolute Gasteiger partial charge is 0.125 e. The van der Waals surface area contributed by atoms with Crippen molar-refractivity contribution in [3.63, 3.8) is 0 Å². The van der Waals surface area contributed by atoms with Gasteiger partial charge in [-0.15, -0.1) is 0 Å². The lowest BCUT2D eigenvalue weighted by Crippen LogP contribution is -2.04. The van der Waals surface area contributed by atoms with Crippen LogP contribution >= 0.6 is 23.2 Å². The molecule has 0 amide bonds. The second kappa shape index (κ2) is 6.51. The van der Waals surface area contributed by atoms with Gasteiger partial charge in [-0.05, 0) is 30.3 Å². The van der Waals surface area contributed by atoms with Gasteiger partial charge in [0.15, 0.2) is 0 Å². The van der Waals surface area contributed by atoms with Crippen molar-refractivity contribution in [2.45, 2.75) is 6.54 Å². The van der Waals surface area contributed by atoms with E-state index in [1.165, 1.54) is 0 Å². The van der Waals surface area contributed by atoms with Crippen molar-refractivity contribution < 1.29 is 4.74 Å². The molecule has 0 bridgehead atoms. The molecule has 0 unspecified atom stereocenters. The molecule has 0 aliphatic heterocycles. The molecular formula is C15H12Cl2N2O. The first-order valence-electron chi connectivity index (χ1n) is 5.90. The Bertz CT molecular complexity index is 665. The van der Waals surface area contributed by atoms with Crippen LogP contribution in [-0.4, -0.2) is 7.11 Å². The minimum atomic E-state index is 0.457. The quantitative estimate of drug-likeness (QED) is 0.905. The minimum Gasteiger partial charge on any atom is -0.496 e. The molecule has 0 aliphatic rings. The Labute approximate surface area is 127 Å². The molecule has 5 heteroatoms. The number of benzene rings is 2. The minimum absolute atomic E-state index is 0.457. The van der Waals surface area contributed by atoms with Gasteiger partial charge in [-0.3, -0.25) is 0 Å². The number of hydrogen-bond acceptors (Lipinski definition) is 3. The molecule has 20 heavy (non-hydrogen) atoms. The molecule has 0 saturated heterocycles. The summed E-state index contributed by atoms with van der Waals surface area (Å²) in [5, 5.41) is 13.4. The van der Waals surface area contributed by atoms with Crippen LogP contribution in [-0.2, 0) is 6.54 Å². The van der Waals surface area contributed by atoms with Crippen LogP contribution in [0.2, 0.25) is 10.0 Å². The number of rotatable bonds is 4. The average molecular weight is 307 g/mol. The molecule has 3 nitrogen and oxygen atoms in total. The van der Waals surface area contributed by atoms with Crippen molar-refractivity contribution in [2.24, 2.45) is 0 Å². The van der Waals surface area contributed by atoms with Crippen molar-refractivity contribution in [3.8, 4) is 11.8 Å². The summed E-state index contributed by atoms with van der Waals surface area (Å²) in [5.74, 6) is 0.706. The zero-order chi connectivity index (χ0) is 14.5. The van der Waals surface area contributed by atoms with Gasteiger partial charge in [0, 0.05) is 22.2 Å². The van der Waals surface area contributed by atoms with Crippen molar-refractivity contribution in [1.29, 1.82) is 5.26 Å². The maximum atomic E-state index is 9.10. The zero-order valence-corrected chi connectivity index (χ0v) is 12.3. The summed E-state index contributed by atoms with van der Waals surface area (Å²) in [5.41, 5.74) is 2.04. The Morgan fingerprint density at radius 2 is 2.05 bits per heavy atom. The maximum Gasteiger partial charge on any atom is 0.125 e. The topological polar surface area (TPSA) is 45.0 Å². The number of nitrogens with zero attached hydrogens (tertiary/aromatic N) is 1. The fourth-order valence-corrected chi connectivity index (χ4v) is 2.25. The van der Waals surface area contributed by atoms with Crippen LogP contribution < -0.4 is 10.1 Å². The van der Waals surface area contributed by atoms with Crippen LogP contribution in [0.5, 0.6) is 5.75 Å². The second-order valence-corrected chi connectivity index (χ2v) is 4.92. The molecule has 0 radical (unpaired) electrons. The Morgan fingerprint density at radius 1 is 1.25 bits per heavy atom. The summed E-state index contributed by atoms with van der Waals surface area (Å²) >= 11 is 12.0. The van der Waals surface area contributed by atoms with E-state index in [2.05, 4.69) is 11.4 Å². The van der Waals surface area contributed by atoms with Gasteiger partial charge in [0.2, 0.25) is 0 Å². The van der Waals surface area contributed by atoms with Gasteiger partial charge in [0.05, 0.1) is 18.4 Å². The number of methoxy groups -OCH3 is 1. The number of hydrogen-bond donors (Lipinski definition) is 1. The second-order valence-electron chi connectivity index (χ2n) is 4.08. The number of anilines is 1.